The fourth-order valence-electron chi connectivity index (χ4n) is 2.41. The van der Waals surface area contributed by atoms with E-state index in [1.165, 1.54) is 0 Å². The van der Waals surface area contributed by atoms with Crippen molar-refractivity contribution in [1.82, 2.24) is 10.6 Å². The van der Waals surface area contributed by atoms with Gasteiger partial charge < -0.3 is 30.4 Å². The van der Waals surface area contributed by atoms with Gasteiger partial charge in [0, 0.05) is 12.5 Å². The number of amides is 1. The molecule has 2 unspecified atom stereocenters. The third-order valence-corrected chi connectivity index (χ3v) is 3.63. The fraction of sp³-hybridized carbons (Fsp3) is 0.500. The Bertz CT molecular complexity index is 574. The van der Waals surface area contributed by atoms with Crippen LogP contribution in [-0.4, -0.2) is 36.5 Å². The summed E-state index contributed by atoms with van der Waals surface area (Å²) in [5.41, 5.74) is 0.873. The minimum atomic E-state index is -1.34. The molecular weight excluding hydrogens is 324 g/mol. The fourth-order valence-corrected chi connectivity index (χ4v) is 2.41. The number of carbonyl (C=O) groups is 3. The molecule has 138 valence electrons. The van der Waals surface area contributed by atoms with Crippen LogP contribution in [0.4, 0.5) is 0 Å². The Morgan fingerprint density at radius 1 is 1.04 bits per heavy atom. The van der Waals surface area contributed by atoms with Gasteiger partial charge in [0.2, 0.25) is 5.91 Å². The molecule has 0 heterocycles. The summed E-state index contributed by atoms with van der Waals surface area (Å²) in [6, 6.07) is 7.33. The lowest BCUT2D eigenvalue weighted by Gasteiger charge is -2.25. The van der Waals surface area contributed by atoms with Crippen molar-refractivity contribution in [3.63, 3.8) is 0 Å². The maximum Gasteiger partial charge on any atom is 0.238 e. The zero-order chi connectivity index (χ0) is 18.8. The Labute approximate surface area is 147 Å². The molecular formula is C18H24N2O5-2. The quantitative estimate of drug-likeness (QED) is 0.508. The lowest BCUT2D eigenvalue weighted by molar-refractivity contribution is -0.309. The minimum Gasteiger partial charge on any atom is -0.550 e. The third kappa shape index (κ3) is 8.30. The van der Waals surface area contributed by atoms with Crippen molar-refractivity contribution in [1.29, 1.82) is 0 Å². The second-order valence-electron chi connectivity index (χ2n) is 6.33. The summed E-state index contributed by atoms with van der Waals surface area (Å²) in [7, 11) is 0. The second kappa shape index (κ2) is 10.5. The molecule has 0 saturated carbocycles. The van der Waals surface area contributed by atoms with E-state index >= 15 is 0 Å². The van der Waals surface area contributed by atoms with Crippen molar-refractivity contribution < 1.29 is 24.6 Å². The first-order chi connectivity index (χ1) is 11.8. The van der Waals surface area contributed by atoms with Crippen LogP contribution in [-0.2, 0) is 20.8 Å². The van der Waals surface area contributed by atoms with E-state index in [4.69, 9.17) is 0 Å². The lowest BCUT2D eigenvalue weighted by atomic mass is 10.0. The summed E-state index contributed by atoms with van der Waals surface area (Å²) in [6.45, 7) is 3.75. The van der Waals surface area contributed by atoms with Gasteiger partial charge in [0.15, 0.2) is 0 Å². The molecule has 0 aliphatic carbocycles. The Morgan fingerprint density at radius 3 is 2.20 bits per heavy atom. The van der Waals surface area contributed by atoms with E-state index in [0.717, 1.165) is 5.56 Å². The highest BCUT2D eigenvalue weighted by Gasteiger charge is 2.22. The van der Waals surface area contributed by atoms with Crippen LogP contribution < -0.4 is 20.8 Å². The Morgan fingerprint density at radius 2 is 1.68 bits per heavy atom. The highest BCUT2D eigenvalue weighted by molar-refractivity contribution is 5.86. The van der Waals surface area contributed by atoms with E-state index in [2.05, 4.69) is 10.6 Å². The molecule has 0 aromatic heterocycles. The molecule has 1 rings (SSSR count). The number of hydrogen-bond donors (Lipinski definition) is 2. The molecule has 0 spiro atoms. The number of aliphatic carboxylic acids is 2. The summed E-state index contributed by atoms with van der Waals surface area (Å²) < 4.78 is 0. The third-order valence-electron chi connectivity index (χ3n) is 3.63. The van der Waals surface area contributed by atoms with Gasteiger partial charge in [0.1, 0.15) is 0 Å². The topological polar surface area (TPSA) is 121 Å². The molecule has 1 aromatic carbocycles. The molecule has 1 amide bonds. The molecule has 7 nitrogen and oxygen atoms in total. The first kappa shape index (κ1) is 20.6. The highest BCUT2D eigenvalue weighted by atomic mass is 16.4. The van der Waals surface area contributed by atoms with Crippen LogP contribution >= 0.6 is 0 Å². The molecule has 0 bridgehead atoms. The number of carboxylic acid groups (broad SMARTS) is 2. The van der Waals surface area contributed by atoms with E-state index in [9.17, 15) is 24.6 Å². The Hall–Kier alpha value is -2.41. The molecule has 0 fully saturated rings. The zero-order valence-electron chi connectivity index (χ0n) is 14.5. The molecule has 2 atom stereocenters. The van der Waals surface area contributed by atoms with Gasteiger partial charge in [-0.25, -0.2) is 0 Å². The number of hydrogen-bond acceptors (Lipinski definition) is 6. The average Bonchev–Trinajstić information content (AvgIpc) is 2.53. The van der Waals surface area contributed by atoms with Crippen LogP contribution in [0.3, 0.4) is 0 Å². The first-order valence-corrected chi connectivity index (χ1v) is 8.28. The van der Waals surface area contributed by atoms with Crippen molar-refractivity contribution in [2.24, 2.45) is 5.92 Å². The molecule has 1 aromatic rings. The number of nitrogens with one attached hydrogen (secondary N) is 2. The predicted octanol–water partition coefficient (Wildman–Crippen LogP) is -1.39. The largest absolute Gasteiger partial charge is 0.550 e. The van der Waals surface area contributed by atoms with E-state index < -0.39 is 29.9 Å². The van der Waals surface area contributed by atoms with Crippen molar-refractivity contribution in [2.45, 2.75) is 45.2 Å². The van der Waals surface area contributed by atoms with E-state index in [0.29, 0.717) is 6.42 Å². The first-order valence-electron chi connectivity index (χ1n) is 8.28. The van der Waals surface area contributed by atoms with Crippen molar-refractivity contribution in [3.05, 3.63) is 35.9 Å². The molecule has 0 aliphatic rings. The van der Waals surface area contributed by atoms with Crippen LogP contribution in [0.1, 0.15) is 32.3 Å². The standard InChI is InChI=1S/C18H26N2O5/c1-12(2)10-15(18(24)25)20-17(23)14(19-9-8-16(21)22)11-13-6-4-3-5-7-13/h3-7,12,14-15,19H,8-11H2,1-2H3,(H,20,23)(H,21,22)(H,24,25)/p-2. The molecule has 0 aliphatic heterocycles. The van der Waals surface area contributed by atoms with E-state index in [1.54, 1.807) is 0 Å². The van der Waals surface area contributed by atoms with Gasteiger partial charge in [-0.15, -0.1) is 0 Å². The van der Waals surface area contributed by atoms with Gasteiger partial charge in [-0.3, -0.25) is 4.79 Å². The summed E-state index contributed by atoms with van der Waals surface area (Å²) in [4.78, 5) is 34.3. The van der Waals surface area contributed by atoms with Gasteiger partial charge in [0.25, 0.3) is 0 Å². The number of carboxylic acids is 2. The maximum absolute atomic E-state index is 12.5. The molecule has 2 N–H and O–H groups in total. The number of carbonyl (C=O) groups excluding carboxylic acids is 3. The Balaban J connectivity index is 2.78. The van der Waals surface area contributed by atoms with Gasteiger partial charge in [-0.2, -0.15) is 0 Å². The summed E-state index contributed by atoms with van der Waals surface area (Å²) in [5, 5.41) is 27.1. The van der Waals surface area contributed by atoms with Crippen LogP contribution in [0, 0.1) is 5.92 Å². The predicted molar refractivity (Wildman–Crippen MR) is 88.0 cm³/mol. The van der Waals surface area contributed by atoms with E-state index in [1.807, 2.05) is 44.2 Å². The summed E-state index contributed by atoms with van der Waals surface area (Å²) in [6.07, 6.45) is 0.320. The molecule has 25 heavy (non-hydrogen) atoms. The van der Waals surface area contributed by atoms with Crippen LogP contribution in [0.2, 0.25) is 0 Å². The van der Waals surface area contributed by atoms with Crippen LogP contribution in [0.25, 0.3) is 0 Å². The maximum atomic E-state index is 12.5. The van der Waals surface area contributed by atoms with Gasteiger partial charge >= 0.3 is 0 Å². The second-order valence-corrected chi connectivity index (χ2v) is 6.33. The van der Waals surface area contributed by atoms with E-state index in [-0.39, 0.29) is 25.3 Å². The zero-order valence-corrected chi connectivity index (χ0v) is 14.5. The molecule has 0 saturated heterocycles. The minimum absolute atomic E-state index is 0.0490. The molecule has 0 radical (unpaired) electrons. The normalized spacial score (nSPS) is 13.2. The SMILES string of the molecule is CC(C)CC(NC(=O)C(Cc1ccccc1)NCCC(=O)[O-])C(=O)[O-]. The average molecular weight is 348 g/mol. The highest BCUT2D eigenvalue weighted by Crippen LogP contribution is 2.07. The van der Waals surface area contributed by atoms with Crippen molar-refractivity contribution >= 4 is 17.8 Å². The van der Waals surface area contributed by atoms with Crippen LogP contribution in [0.5, 0.6) is 0 Å². The lowest BCUT2D eigenvalue weighted by Crippen LogP contribution is -2.54. The van der Waals surface area contributed by atoms with Gasteiger partial charge in [-0.1, -0.05) is 44.2 Å². The van der Waals surface area contributed by atoms with Gasteiger partial charge in [-0.05, 0) is 30.7 Å². The summed E-state index contributed by atoms with van der Waals surface area (Å²) in [5.74, 6) is -2.99. The van der Waals surface area contributed by atoms with Crippen LogP contribution in [0.15, 0.2) is 30.3 Å². The molecule has 7 heteroatoms. The summed E-state index contributed by atoms with van der Waals surface area (Å²) >= 11 is 0. The number of rotatable bonds is 11. The van der Waals surface area contributed by atoms with Gasteiger partial charge in [0.05, 0.1) is 18.1 Å². The smallest absolute Gasteiger partial charge is 0.238 e. The van der Waals surface area contributed by atoms with Crippen molar-refractivity contribution in [2.75, 3.05) is 6.54 Å². The van der Waals surface area contributed by atoms with Crippen molar-refractivity contribution in [3.8, 4) is 0 Å². The Kier molecular flexibility index (Phi) is 8.63. The monoisotopic (exact) mass is 348 g/mol. The number of benzene rings is 1.